The summed E-state index contributed by atoms with van der Waals surface area (Å²) in [5.74, 6) is -0.306. The number of benzene rings is 2. The van der Waals surface area contributed by atoms with Gasteiger partial charge < -0.3 is 10.6 Å². The fourth-order valence-corrected chi connectivity index (χ4v) is 3.08. The molecule has 6 nitrogen and oxygen atoms in total. The molecule has 1 aromatic heterocycles. The van der Waals surface area contributed by atoms with Crippen LogP contribution < -0.4 is 10.6 Å². The van der Waals surface area contributed by atoms with Crippen molar-refractivity contribution in [2.24, 2.45) is 0 Å². The molecule has 1 heterocycles. The Bertz CT molecular complexity index is 976. The molecule has 0 aliphatic heterocycles. The van der Waals surface area contributed by atoms with Gasteiger partial charge in [0, 0.05) is 36.0 Å². The maximum atomic E-state index is 12.4. The predicted octanol–water partition coefficient (Wildman–Crippen LogP) is 3.44. The summed E-state index contributed by atoms with van der Waals surface area (Å²) >= 11 is 0. The fraction of sp³-hybridized carbons (Fsp3) is 0.227. The molecule has 0 spiro atoms. The summed E-state index contributed by atoms with van der Waals surface area (Å²) in [5.41, 5.74) is 5.37. The van der Waals surface area contributed by atoms with Crippen LogP contribution >= 0.6 is 0 Å². The summed E-state index contributed by atoms with van der Waals surface area (Å²) in [5, 5.41) is 10.3. The molecule has 6 heteroatoms. The van der Waals surface area contributed by atoms with Gasteiger partial charge in [0.2, 0.25) is 5.91 Å². The predicted molar refractivity (Wildman–Crippen MR) is 109 cm³/mol. The van der Waals surface area contributed by atoms with Crippen LogP contribution in [0.25, 0.3) is 0 Å². The first kappa shape index (κ1) is 19.4. The molecule has 3 aromatic rings. The van der Waals surface area contributed by atoms with Crippen molar-refractivity contribution in [3.63, 3.8) is 0 Å². The number of carbonyl (C=O) groups excluding carboxylic acids is 2. The second-order valence-electron chi connectivity index (χ2n) is 6.73. The van der Waals surface area contributed by atoms with E-state index >= 15 is 0 Å². The molecular formula is C22H24N4O2. The second kappa shape index (κ2) is 8.52. The number of hydrogen-bond acceptors (Lipinski definition) is 3. The second-order valence-corrected chi connectivity index (χ2v) is 6.73. The summed E-state index contributed by atoms with van der Waals surface area (Å²) in [6.07, 6.45) is 0. The quantitative estimate of drug-likeness (QED) is 0.692. The molecule has 0 atom stereocenters. The molecule has 0 saturated carbocycles. The van der Waals surface area contributed by atoms with Crippen molar-refractivity contribution in [2.75, 3.05) is 5.32 Å². The van der Waals surface area contributed by atoms with Crippen LogP contribution in [0.3, 0.4) is 0 Å². The summed E-state index contributed by atoms with van der Waals surface area (Å²) in [4.78, 5) is 23.5. The average molecular weight is 376 g/mol. The number of hydrogen-bond donors (Lipinski definition) is 2. The lowest BCUT2D eigenvalue weighted by atomic mass is 10.1. The Morgan fingerprint density at radius 2 is 1.68 bits per heavy atom. The summed E-state index contributed by atoms with van der Waals surface area (Å²) < 4.78 is 1.97. The molecular weight excluding hydrogens is 352 g/mol. The number of aryl methyl sites for hydroxylation is 1. The maximum Gasteiger partial charge on any atom is 0.251 e. The van der Waals surface area contributed by atoms with E-state index in [1.165, 1.54) is 12.5 Å². The van der Waals surface area contributed by atoms with Gasteiger partial charge in [0.15, 0.2) is 0 Å². The summed E-state index contributed by atoms with van der Waals surface area (Å²) in [6.45, 7) is 6.54. The topological polar surface area (TPSA) is 76.0 Å². The van der Waals surface area contributed by atoms with Gasteiger partial charge in [-0.1, -0.05) is 30.3 Å². The van der Waals surface area contributed by atoms with Crippen molar-refractivity contribution >= 4 is 17.5 Å². The van der Waals surface area contributed by atoms with Crippen LogP contribution in [0.1, 0.15) is 39.8 Å². The number of amides is 2. The molecule has 0 bridgehead atoms. The van der Waals surface area contributed by atoms with E-state index in [4.69, 9.17) is 0 Å². The van der Waals surface area contributed by atoms with E-state index < -0.39 is 0 Å². The summed E-state index contributed by atoms with van der Waals surface area (Å²) in [6, 6.07) is 17.0. The first-order chi connectivity index (χ1) is 13.4. The molecule has 0 saturated heterocycles. The number of carbonyl (C=O) groups is 2. The van der Waals surface area contributed by atoms with Crippen LogP contribution in [0.2, 0.25) is 0 Å². The number of nitrogens with zero attached hydrogens (tertiary/aromatic N) is 2. The van der Waals surface area contributed by atoms with E-state index in [1.807, 2.05) is 36.7 Å². The molecule has 0 aliphatic rings. The lowest BCUT2D eigenvalue weighted by Gasteiger charge is -2.08. The van der Waals surface area contributed by atoms with Crippen LogP contribution in [0.15, 0.2) is 54.6 Å². The Morgan fingerprint density at radius 3 is 2.32 bits per heavy atom. The van der Waals surface area contributed by atoms with Crippen LogP contribution in [0, 0.1) is 13.8 Å². The zero-order valence-electron chi connectivity index (χ0n) is 16.3. The molecule has 28 heavy (non-hydrogen) atoms. The van der Waals surface area contributed by atoms with Gasteiger partial charge in [0.1, 0.15) is 0 Å². The van der Waals surface area contributed by atoms with Gasteiger partial charge in [-0.05, 0) is 43.7 Å². The Kier molecular flexibility index (Phi) is 5.89. The van der Waals surface area contributed by atoms with Gasteiger partial charge in [0.25, 0.3) is 5.91 Å². The fourth-order valence-electron chi connectivity index (χ4n) is 3.08. The van der Waals surface area contributed by atoms with Gasteiger partial charge in [-0.15, -0.1) is 0 Å². The molecule has 3 rings (SSSR count). The number of aromatic nitrogens is 2. The minimum atomic E-state index is -0.163. The van der Waals surface area contributed by atoms with Gasteiger partial charge in [-0.25, -0.2) is 0 Å². The van der Waals surface area contributed by atoms with E-state index in [9.17, 15) is 9.59 Å². The zero-order valence-corrected chi connectivity index (χ0v) is 16.3. The van der Waals surface area contributed by atoms with E-state index in [1.54, 1.807) is 24.3 Å². The maximum absolute atomic E-state index is 12.4. The zero-order chi connectivity index (χ0) is 20.1. The highest BCUT2D eigenvalue weighted by molar-refractivity contribution is 5.95. The Balaban J connectivity index is 1.65. The van der Waals surface area contributed by atoms with E-state index in [-0.39, 0.29) is 11.8 Å². The molecule has 2 N–H and O–H groups in total. The highest BCUT2D eigenvalue weighted by Crippen LogP contribution is 2.15. The number of anilines is 1. The van der Waals surface area contributed by atoms with E-state index in [2.05, 4.69) is 27.9 Å². The molecule has 0 aliphatic carbocycles. The van der Waals surface area contributed by atoms with E-state index in [0.29, 0.717) is 24.3 Å². The SMILES string of the molecule is CC(=O)Nc1ccc(C(=O)NCc2c(C)nn(Cc3ccccc3)c2C)cc1. The highest BCUT2D eigenvalue weighted by Gasteiger charge is 2.13. The third kappa shape index (κ3) is 4.65. The van der Waals surface area contributed by atoms with Crippen molar-refractivity contribution in [1.82, 2.24) is 15.1 Å². The lowest BCUT2D eigenvalue weighted by Crippen LogP contribution is -2.23. The van der Waals surface area contributed by atoms with Crippen molar-refractivity contribution in [2.45, 2.75) is 33.9 Å². The molecule has 144 valence electrons. The Hall–Kier alpha value is -3.41. The van der Waals surface area contributed by atoms with Crippen molar-refractivity contribution < 1.29 is 9.59 Å². The standard InChI is InChI=1S/C22H24N4O2/c1-15-21(16(2)26(25-15)14-18-7-5-4-6-8-18)13-23-22(28)19-9-11-20(12-10-19)24-17(3)27/h4-12H,13-14H2,1-3H3,(H,23,28)(H,24,27). The molecule has 2 amide bonds. The van der Waals surface area contributed by atoms with Gasteiger partial charge in [-0.2, -0.15) is 5.10 Å². The van der Waals surface area contributed by atoms with Gasteiger partial charge in [-0.3, -0.25) is 14.3 Å². The molecule has 0 radical (unpaired) electrons. The van der Waals surface area contributed by atoms with Crippen LogP contribution in [-0.2, 0) is 17.9 Å². The van der Waals surface area contributed by atoms with Crippen LogP contribution in [0.4, 0.5) is 5.69 Å². The first-order valence-electron chi connectivity index (χ1n) is 9.16. The third-order valence-electron chi connectivity index (χ3n) is 4.60. The minimum absolute atomic E-state index is 0.143. The highest BCUT2D eigenvalue weighted by atomic mass is 16.2. The third-order valence-corrected chi connectivity index (χ3v) is 4.60. The first-order valence-corrected chi connectivity index (χ1v) is 9.16. The number of rotatable bonds is 6. The monoisotopic (exact) mass is 376 g/mol. The molecule has 2 aromatic carbocycles. The lowest BCUT2D eigenvalue weighted by molar-refractivity contribution is -0.114. The Morgan fingerprint density at radius 1 is 1.00 bits per heavy atom. The van der Waals surface area contributed by atoms with Crippen molar-refractivity contribution in [1.29, 1.82) is 0 Å². The summed E-state index contributed by atoms with van der Waals surface area (Å²) in [7, 11) is 0. The van der Waals surface area contributed by atoms with Crippen molar-refractivity contribution in [3.8, 4) is 0 Å². The minimum Gasteiger partial charge on any atom is -0.348 e. The normalized spacial score (nSPS) is 10.5. The molecule has 0 fully saturated rings. The molecule has 0 unspecified atom stereocenters. The average Bonchev–Trinajstić information content (AvgIpc) is 2.94. The Labute approximate surface area is 164 Å². The van der Waals surface area contributed by atoms with Crippen molar-refractivity contribution in [3.05, 3.63) is 82.7 Å². The smallest absolute Gasteiger partial charge is 0.251 e. The van der Waals surface area contributed by atoms with Gasteiger partial charge >= 0.3 is 0 Å². The van der Waals surface area contributed by atoms with Crippen LogP contribution in [0.5, 0.6) is 0 Å². The van der Waals surface area contributed by atoms with Crippen LogP contribution in [-0.4, -0.2) is 21.6 Å². The van der Waals surface area contributed by atoms with Gasteiger partial charge in [0.05, 0.1) is 12.2 Å². The number of nitrogens with one attached hydrogen (secondary N) is 2. The largest absolute Gasteiger partial charge is 0.348 e. The van der Waals surface area contributed by atoms with E-state index in [0.717, 1.165) is 17.0 Å².